The molecule has 3 aromatic rings. The predicted octanol–water partition coefficient (Wildman–Crippen LogP) is 3.93. The number of benzene rings is 2. The number of ether oxygens (including phenoxy) is 1. The number of fused-ring (bicyclic) bond motifs is 2. The van der Waals surface area contributed by atoms with Crippen LogP contribution in [0, 0.1) is 11.2 Å². The van der Waals surface area contributed by atoms with E-state index in [0.29, 0.717) is 57.1 Å². The number of sulfonamides is 1. The second-order valence-corrected chi connectivity index (χ2v) is 13.9. The fourth-order valence-electron chi connectivity index (χ4n) is 5.71. The Hall–Kier alpha value is -2.89. The maximum atomic E-state index is 13.9. The van der Waals surface area contributed by atoms with Crippen LogP contribution < -0.4 is 5.32 Å². The summed E-state index contributed by atoms with van der Waals surface area (Å²) in [6.45, 7) is 8.92. The van der Waals surface area contributed by atoms with Gasteiger partial charge in [0, 0.05) is 31.6 Å². The molecular formula is C31H39FN4O4S. The number of halogens is 1. The monoisotopic (exact) mass is 582 g/mol. The van der Waals surface area contributed by atoms with Gasteiger partial charge in [-0.15, -0.1) is 0 Å². The minimum atomic E-state index is -3.72. The summed E-state index contributed by atoms with van der Waals surface area (Å²) < 4.78 is 50.8. The molecule has 220 valence electrons. The molecular weight excluding hydrogens is 543 g/mol. The van der Waals surface area contributed by atoms with E-state index in [1.54, 1.807) is 28.6 Å². The highest BCUT2D eigenvalue weighted by Crippen LogP contribution is 2.45. The molecule has 1 aromatic heterocycles. The van der Waals surface area contributed by atoms with E-state index < -0.39 is 15.4 Å². The van der Waals surface area contributed by atoms with Gasteiger partial charge in [-0.1, -0.05) is 38.5 Å². The van der Waals surface area contributed by atoms with Gasteiger partial charge in [-0.25, -0.2) is 17.5 Å². The van der Waals surface area contributed by atoms with Crippen molar-refractivity contribution in [3.8, 4) is 5.69 Å². The molecule has 1 saturated heterocycles. The molecule has 2 heterocycles. The van der Waals surface area contributed by atoms with Gasteiger partial charge in [-0.05, 0) is 71.9 Å². The fourth-order valence-corrected chi connectivity index (χ4v) is 7.24. The Morgan fingerprint density at radius 3 is 2.51 bits per heavy atom. The Kier molecular flexibility index (Phi) is 8.50. The minimum Gasteiger partial charge on any atom is -0.395 e. The van der Waals surface area contributed by atoms with Crippen molar-refractivity contribution in [1.29, 1.82) is 0 Å². The predicted molar refractivity (Wildman–Crippen MR) is 157 cm³/mol. The summed E-state index contributed by atoms with van der Waals surface area (Å²) in [6, 6.07) is 13.5. The summed E-state index contributed by atoms with van der Waals surface area (Å²) in [5.74, 6) is -0.306. The second-order valence-electron chi connectivity index (χ2n) is 12.0. The van der Waals surface area contributed by atoms with E-state index in [1.807, 2.05) is 23.0 Å². The van der Waals surface area contributed by atoms with E-state index in [4.69, 9.17) is 9.84 Å². The van der Waals surface area contributed by atoms with Crippen LogP contribution in [0.3, 0.4) is 0 Å². The standard InChI is InChI=1S/C31H39FN4O4S/c1-30(2,3)24-4-10-28(11-5-24)41(38,39)35-15-12-25-18-29-23(20-34-36(29)27-8-6-26(32)7-9-27)19-31(25,21-35)22-40-17-14-33-13-16-37/h4-11,18,20,33,37H,12-17,19,21-22H2,1-3H3/t31-/m1/s1. The Labute approximate surface area is 241 Å². The van der Waals surface area contributed by atoms with E-state index in [0.717, 1.165) is 28.1 Å². The van der Waals surface area contributed by atoms with Gasteiger partial charge in [0.2, 0.25) is 10.0 Å². The summed E-state index contributed by atoms with van der Waals surface area (Å²) in [4.78, 5) is 0.294. The first-order valence-electron chi connectivity index (χ1n) is 14.1. The summed E-state index contributed by atoms with van der Waals surface area (Å²) in [6.07, 6.45) is 5.08. The van der Waals surface area contributed by atoms with Gasteiger partial charge in [0.1, 0.15) is 5.82 Å². The van der Waals surface area contributed by atoms with Crippen molar-refractivity contribution >= 4 is 16.1 Å². The molecule has 0 amide bonds. The SMILES string of the molecule is CC(C)(C)c1ccc(S(=O)(=O)N2CCC3=Cc4c(cnn4-c4ccc(F)cc4)C[C@]3(COCCNCCO)C2)cc1. The van der Waals surface area contributed by atoms with Crippen molar-refractivity contribution in [2.24, 2.45) is 5.41 Å². The van der Waals surface area contributed by atoms with Crippen LogP contribution >= 0.6 is 0 Å². The zero-order valence-corrected chi connectivity index (χ0v) is 24.8. The van der Waals surface area contributed by atoms with Gasteiger partial charge in [0.05, 0.1) is 42.3 Å². The highest BCUT2D eigenvalue weighted by molar-refractivity contribution is 7.89. The summed E-state index contributed by atoms with van der Waals surface area (Å²) in [7, 11) is -3.72. The largest absolute Gasteiger partial charge is 0.395 e. The molecule has 41 heavy (non-hydrogen) atoms. The van der Waals surface area contributed by atoms with Gasteiger partial charge >= 0.3 is 0 Å². The van der Waals surface area contributed by atoms with Gasteiger partial charge < -0.3 is 15.2 Å². The number of hydrogen-bond donors (Lipinski definition) is 2. The van der Waals surface area contributed by atoms with Crippen molar-refractivity contribution in [2.45, 2.75) is 43.9 Å². The second kappa shape index (κ2) is 11.8. The third kappa shape index (κ3) is 6.17. The molecule has 0 unspecified atom stereocenters. The number of aromatic nitrogens is 2. The Balaban J connectivity index is 1.44. The molecule has 1 aliphatic heterocycles. The Bertz CT molecular complexity index is 1490. The van der Waals surface area contributed by atoms with Crippen LogP contribution in [0.5, 0.6) is 0 Å². The third-order valence-electron chi connectivity index (χ3n) is 8.04. The summed E-state index contributed by atoms with van der Waals surface area (Å²) in [5, 5.41) is 16.7. The van der Waals surface area contributed by atoms with E-state index >= 15 is 0 Å². The fraction of sp³-hybridized carbons (Fsp3) is 0.452. The average Bonchev–Trinajstić information content (AvgIpc) is 3.35. The van der Waals surface area contributed by atoms with E-state index in [-0.39, 0.29) is 17.8 Å². The van der Waals surface area contributed by atoms with Crippen LogP contribution in [-0.2, 0) is 26.6 Å². The Morgan fingerprint density at radius 1 is 1.10 bits per heavy atom. The van der Waals surface area contributed by atoms with E-state index in [1.165, 1.54) is 12.1 Å². The molecule has 0 spiro atoms. The van der Waals surface area contributed by atoms with Crippen LogP contribution in [-0.4, -0.2) is 73.6 Å². The molecule has 1 fully saturated rings. The first-order valence-corrected chi connectivity index (χ1v) is 15.5. The van der Waals surface area contributed by atoms with Crippen molar-refractivity contribution in [3.63, 3.8) is 0 Å². The lowest BCUT2D eigenvalue weighted by molar-refractivity contribution is 0.0422. The number of rotatable bonds is 10. The van der Waals surface area contributed by atoms with Crippen molar-refractivity contribution in [1.82, 2.24) is 19.4 Å². The number of piperidine rings is 1. The van der Waals surface area contributed by atoms with Crippen LogP contribution in [0.15, 0.2) is 65.2 Å². The zero-order valence-electron chi connectivity index (χ0n) is 23.9. The van der Waals surface area contributed by atoms with E-state index in [2.05, 4.69) is 37.3 Å². The quantitative estimate of drug-likeness (QED) is 0.352. The summed E-state index contributed by atoms with van der Waals surface area (Å²) >= 11 is 0. The summed E-state index contributed by atoms with van der Waals surface area (Å²) in [5.41, 5.74) is 4.29. The molecule has 2 aliphatic rings. The molecule has 1 aliphatic carbocycles. The molecule has 8 nitrogen and oxygen atoms in total. The van der Waals surface area contributed by atoms with E-state index in [9.17, 15) is 12.8 Å². The minimum absolute atomic E-state index is 0.0567. The molecule has 5 rings (SSSR count). The molecule has 0 bridgehead atoms. The first kappa shape index (κ1) is 29.6. The number of aliphatic hydroxyl groups excluding tert-OH is 1. The molecule has 0 saturated carbocycles. The normalized spacial score (nSPS) is 19.5. The number of nitrogens with zero attached hydrogens (tertiary/aromatic N) is 3. The highest BCUT2D eigenvalue weighted by atomic mass is 32.2. The lowest BCUT2D eigenvalue weighted by Gasteiger charge is -2.46. The average molecular weight is 583 g/mol. The highest BCUT2D eigenvalue weighted by Gasteiger charge is 2.46. The zero-order chi connectivity index (χ0) is 29.3. The molecule has 1 atom stereocenters. The molecule has 2 N–H and O–H groups in total. The van der Waals surface area contributed by atoms with Gasteiger partial charge in [0.15, 0.2) is 0 Å². The maximum absolute atomic E-state index is 13.9. The number of nitrogens with one attached hydrogen (secondary N) is 1. The maximum Gasteiger partial charge on any atom is 0.243 e. The molecule has 2 aromatic carbocycles. The van der Waals surface area contributed by atoms with Crippen LogP contribution in [0.25, 0.3) is 11.8 Å². The topological polar surface area (TPSA) is 96.7 Å². The van der Waals surface area contributed by atoms with Crippen molar-refractivity contribution in [2.75, 3.05) is 46.0 Å². The first-order chi connectivity index (χ1) is 19.5. The molecule has 10 heteroatoms. The lowest BCUT2D eigenvalue weighted by Crippen LogP contribution is -2.51. The smallest absolute Gasteiger partial charge is 0.243 e. The van der Waals surface area contributed by atoms with Gasteiger partial charge in [0.25, 0.3) is 0 Å². The van der Waals surface area contributed by atoms with Crippen molar-refractivity contribution in [3.05, 3.63) is 82.9 Å². The molecule has 0 radical (unpaired) electrons. The third-order valence-corrected chi connectivity index (χ3v) is 9.90. The van der Waals surface area contributed by atoms with Gasteiger partial charge in [-0.3, -0.25) is 0 Å². The van der Waals surface area contributed by atoms with Gasteiger partial charge in [-0.2, -0.15) is 9.40 Å². The number of aliphatic hydroxyl groups is 1. The van der Waals surface area contributed by atoms with Crippen LogP contribution in [0.2, 0.25) is 0 Å². The lowest BCUT2D eigenvalue weighted by atomic mass is 9.69. The van der Waals surface area contributed by atoms with Crippen LogP contribution in [0.1, 0.15) is 44.0 Å². The van der Waals surface area contributed by atoms with Crippen molar-refractivity contribution < 1.29 is 22.7 Å². The van der Waals surface area contributed by atoms with Crippen LogP contribution in [0.4, 0.5) is 4.39 Å². The Morgan fingerprint density at radius 2 is 1.83 bits per heavy atom. The number of hydrogen-bond acceptors (Lipinski definition) is 6.